The van der Waals surface area contributed by atoms with Gasteiger partial charge in [0.15, 0.2) is 0 Å². The monoisotopic (exact) mass is 227 g/mol. The highest BCUT2D eigenvalue weighted by atomic mass is 32.1. The first-order valence-corrected chi connectivity index (χ1v) is 6.19. The summed E-state index contributed by atoms with van der Waals surface area (Å²) in [4.78, 5) is 1.17. The van der Waals surface area contributed by atoms with Crippen molar-refractivity contribution in [1.82, 2.24) is 0 Å². The van der Waals surface area contributed by atoms with Crippen molar-refractivity contribution in [1.29, 1.82) is 0 Å². The van der Waals surface area contributed by atoms with Gasteiger partial charge in [-0.1, -0.05) is 20.8 Å². The summed E-state index contributed by atoms with van der Waals surface area (Å²) in [7, 11) is 1.70. The van der Waals surface area contributed by atoms with E-state index in [-0.39, 0.29) is 6.04 Å². The Labute approximate surface area is 96.4 Å². The van der Waals surface area contributed by atoms with E-state index < -0.39 is 0 Å². The van der Waals surface area contributed by atoms with Gasteiger partial charge in [-0.2, -0.15) is 0 Å². The van der Waals surface area contributed by atoms with E-state index in [0.717, 1.165) is 18.6 Å². The highest BCUT2D eigenvalue weighted by Crippen LogP contribution is 2.34. The Bertz CT molecular complexity index is 301. The lowest BCUT2D eigenvalue weighted by molar-refractivity contribution is 0.346. The molecule has 2 nitrogen and oxygen atoms in total. The molecule has 0 spiro atoms. The third kappa shape index (κ3) is 3.84. The van der Waals surface area contributed by atoms with Crippen molar-refractivity contribution in [3.8, 4) is 5.75 Å². The molecule has 1 heterocycles. The highest BCUT2D eigenvalue weighted by Gasteiger charge is 2.17. The molecule has 0 aliphatic carbocycles. The van der Waals surface area contributed by atoms with Crippen molar-refractivity contribution < 1.29 is 4.74 Å². The van der Waals surface area contributed by atoms with Crippen LogP contribution in [-0.2, 0) is 0 Å². The van der Waals surface area contributed by atoms with Gasteiger partial charge in [-0.05, 0) is 29.7 Å². The van der Waals surface area contributed by atoms with Crippen LogP contribution in [0.5, 0.6) is 5.75 Å². The normalized spacial score (nSPS) is 13.9. The number of ether oxygens (including phenoxy) is 1. The van der Waals surface area contributed by atoms with Gasteiger partial charge >= 0.3 is 0 Å². The molecule has 0 fully saturated rings. The molecule has 0 radical (unpaired) electrons. The van der Waals surface area contributed by atoms with Crippen LogP contribution in [0.2, 0.25) is 0 Å². The van der Waals surface area contributed by atoms with Crippen LogP contribution in [0.15, 0.2) is 11.4 Å². The Morgan fingerprint density at radius 2 is 2.13 bits per heavy atom. The van der Waals surface area contributed by atoms with Gasteiger partial charge in [-0.3, -0.25) is 0 Å². The zero-order valence-corrected chi connectivity index (χ0v) is 10.9. The molecule has 0 aromatic carbocycles. The molecule has 0 amide bonds. The Morgan fingerprint density at radius 3 is 2.67 bits per heavy atom. The lowest BCUT2D eigenvalue weighted by Gasteiger charge is -2.20. The average molecular weight is 227 g/mol. The summed E-state index contributed by atoms with van der Waals surface area (Å²) in [6.45, 7) is 6.72. The third-order valence-corrected chi connectivity index (χ3v) is 3.45. The molecular weight excluding hydrogens is 206 g/mol. The first-order chi connectivity index (χ1) is 6.94. The Balaban J connectivity index is 2.57. The molecule has 0 aliphatic rings. The van der Waals surface area contributed by atoms with Crippen LogP contribution in [0.1, 0.15) is 44.5 Å². The molecule has 0 saturated carbocycles. The molecule has 0 bridgehead atoms. The van der Waals surface area contributed by atoms with E-state index in [4.69, 9.17) is 10.5 Å². The van der Waals surface area contributed by atoms with E-state index in [9.17, 15) is 0 Å². The average Bonchev–Trinajstić information content (AvgIpc) is 2.60. The summed E-state index contributed by atoms with van der Waals surface area (Å²) in [5.41, 5.74) is 6.50. The maximum Gasteiger partial charge on any atom is 0.134 e. The van der Waals surface area contributed by atoms with Crippen LogP contribution in [0, 0.1) is 5.41 Å². The molecule has 0 aliphatic heterocycles. The summed E-state index contributed by atoms with van der Waals surface area (Å²) in [5.74, 6) is 0.932. The van der Waals surface area contributed by atoms with Gasteiger partial charge in [-0.25, -0.2) is 0 Å². The highest BCUT2D eigenvalue weighted by molar-refractivity contribution is 7.10. The van der Waals surface area contributed by atoms with Crippen molar-refractivity contribution >= 4 is 11.3 Å². The van der Waals surface area contributed by atoms with Gasteiger partial charge in [0.2, 0.25) is 0 Å². The molecule has 1 aromatic rings. The van der Waals surface area contributed by atoms with Gasteiger partial charge < -0.3 is 10.5 Å². The number of hydrogen-bond acceptors (Lipinski definition) is 3. The zero-order chi connectivity index (χ0) is 11.5. The van der Waals surface area contributed by atoms with Crippen LogP contribution in [0.3, 0.4) is 0 Å². The molecule has 1 atom stereocenters. The summed E-state index contributed by atoms with van der Waals surface area (Å²) in [6.07, 6.45) is 2.15. The maximum absolute atomic E-state index is 6.15. The van der Waals surface area contributed by atoms with Crippen LogP contribution in [0.4, 0.5) is 0 Å². The predicted molar refractivity (Wildman–Crippen MR) is 66.5 cm³/mol. The Hall–Kier alpha value is -0.540. The molecule has 86 valence electrons. The number of hydrogen-bond donors (Lipinski definition) is 1. The topological polar surface area (TPSA) is 35.2 Å². The molecule has 1 aromatic heterocycles. The molecule has 1 rings (SSSR count). The quantitative estimate of drug-likeness (QED) is 0.853. The van der Waals surface area contributed by atoms with Gasteiger partial charge in [0.05, 0.1) is 12.0 Å². The fourth-order valence-electron chi connectivity index (χ4n) is 1.47. The second-order valence-electron chi connectivity index (χ2n) is 5.06. The Kier molecular flexibility index (Phi) is 4.17. The fraction of sp³-hybridized carbons (Fsp3) is 0.667. The molecule has 0 saturated heterocycles. The lowest BCUT2D eigenvalue weighted by atomic mass is 9.88. The van der Waals surface area contributed by atoms with E-state index in [2.05, 4.69) is 20.8 Å². The second-order valence-corrected chi connectivity index (χ2v) is 6.01. The molecule has 2 N–H and O–H groups in total. The fourth-order valence-corrected chi connectivity index (χ4v) is 2.37. The van der Waals surface area contributed by atoms with Crippen LogP contribution in [-0.4, -0.2) is 7.11 Å². The van der Waals surface area contributed by atoms with Gasteiger partial charge in [0.25, 0.3) is 0 Å². The van der Waals surface area contributed by atoms with Gasteiger partial charge in [0.1, 0.15) is 5.75 Å². The minimum Gasteiger partial charge on any atom is -0.496 e. The van der Waals surface area contributed by atoms with Gasteiger partial charge in [0, 0.05) is 6.04 Å². The van der Waals surface area contributed by atoms with Crippen LogP contribution < -0.4 is 10.5 Å². The minimum absolute atomic E-state index is 0.110. The SMILES string of the molecule is COc1ccsc1C(N)CCC(C)(C)C. The van der Waals surface area contributed by atoms with Crippen LogP contribution >= 0.6 is 11.3 Å². The first kappa shape index (κ1) is 12.5. The van der Waals surface area contributed by atoms with Crippen molar-refractivity contribution in [2.75, 3.05) is 7.11 Å². The standard InChI is InChI=1S/C12H21NOS/c1-12(2,3)7-5-9(13)11-10(14-4)6-8-15-11/h6,8-9H,5,7,13H2,1-4H3. The smallest absolute Gasteiger partial charge is 0.134 e. The Morgan fingerprint density at radius 1 is 1.47 bits per heavy atom. The number of nitrogens with two attached hydrogens (primary N) is 1. The maximum atomic E-state index is 6.15. The van der Waals surface area contributed by atoms with Gasteiger partial charge in [-0.15, -0.1) is 11.3 Å². The van der Waals surface area contributed by atoms with E-state index >= 15 is 0 Å². The largest absolute Gasteiger partial charge is 0.496 e. The van der Waals surface area contributed by atoms with E-state index in [1.165, 1.54) is 4.88 Å². The van der Waals surface area contributed by atoms with Crippen molar-refractivity contribution in [2.45, 2.75) is 39.7 Å². The minimum atomic E-state index is 0.110. The summed E-state index contributed by atoms with van der Waals surface area (Å²) in [5, 5.41) is 2.03. The molecule has 3 heteroatoms. The number of thiophene rings is 1. The van der Waals surface area contributed by atoms with E-state index in [1.807, 2.05) is 11.4 Å². The summed E-state index contributed by atoms with van der Waals surface area (Å²) in [6, 6.07) is 2.09. The second kappa shape index (κ2) is 4.99. The summed E-state index contributed by atoms with van der Waals surface area (Å²) >= 11 is 1.68. The van der Waals surface area contributed by atoms with Crippen molar-refractivity contribution in [3.63, 3.8) is 0 Å². The van der Waals surface area contributed by atoms with E-state index in [0.29, 0.717) is 5.41 Å². The molecular formula is C12H21NOS. The van der Waals surface area contributed by atoms with Crippen LogP contribution in [0.25, 0.3) is 0 Å². The number of rotatable bonds is 4. The first-order valence-electron chi connectivity index (χ1n) is 5.31. The number of methoxy groups -OCH3 is 1. The predicted octanol–water partition coefficient (Wildman–Crippen LogP) is 3.58. The zero-order valence-electron chi connectivity index (χ0n) is 10.0. The van der Waals surface area contributed by atoms with E-state index in [1.54, 1.807) is 18.4 Å². The third-order valence-electron chi connectivity index (χ3n) is 2.42. The molecule has 1 unspecified atom stereocenters. The lowest BCUT2D eigenvalue weighted by Crippen LogP contribution is -2.14. The van der Waals surface area contributed by atoms with Crippen molar-refractivity contribution in [3.05, 3.63) is 16.3 Å². The molecule has 15 heavy (non-hydrogen) atoms. The summed E-state index contributed by atoms with van der Waals surface area (Å²) < 4.78 is 5.27. The van der Waals surface area contributed by atoms with Crippen molar-refractivity contribution in [2.24, 2.45) is 11.1 Å².